The molecule has 6 heteroatoms. The molecule has 1 fully saturated rings. The summed E-state index contributed by atoms with van der Waals surface area (Å²) in [4.78, 5) is 24.9. The topological polar surface area (TPSA) is 72.8 Å². The number of H-pyrrole nitrogens is 1. The van der Waals surface area contributed by atoms with Crippen molar-refractivity contribution in [3.05, 3.63) is 82.3 Å². The number of hydrogen-bond donors (Lipinski definition) is 1. The molecule has 3 aromatic heterocycles. The summed E-state index contributed by atoms with van der Waals surface area (Å²) < 4.78 is 7.32. The van der Waals surface area contributed by atoms with Crippen molar-refractivity contribution < 1.29 is 4.74 Å². The van der Waals surface area contributed by atoms with Gasteiger partial charge in [0.1, 0.15) is 18.2 Å². The van der Waals surface area contributed by atoms with E-state index in [9.17, 15) is 4.79 Å². The Labute approximate surface area is 161 Å². The van der Waals surface area contributed by atoms with Gasteiger partial charge in [-0.25, -0.2) is 4.98 Å². The van der Waals surface area contributed by atoms with Crippen molar-refractivity contribution in [2.75, 3.05) is 0 Å². The normalized spacial score (nSPS) is 13.8. The Kier molecular flexibility index (Phi) is 3.97. The molecule has 6 nitrogen and oxygen atoms in total. The van der Waals surface area contributed by atoms with Crippen LogP contribution in [0.5, 0.6) is 5.75 Å². The van der Waals surface area contributed by atoms with Crippen LogP contribution in [0.3, 0.4) is 0 Å². The summed E-state index contributed by atoms with van der Waals surface area (Å²) in [5.41, 5.74) is 4.47. The number of hydrogen-bond acceptors (Lipinski definition) is 4. The summed E-state index contributed by atoms with van der Waals surface area (Å²) in [6.45, 7) is 2.32. The van der Waals surface area contributed by atoms with Gasteiger partial charge in [-0.15, -0.1) is 0 Å². The number of nitrogens with one attached hydrogen (secondary N) is 1. The molecule has 1 N–H and O–H groups in total. The van der Waals surface area contributed by atoms with Crippen LogP contribution in [0.1, 0.15) is 35.8 Å². The molecular weight excluding hydrogens is 352 g/mol. The molecule has 0 amide bonds. The summed E-state index contributed by atoms with van der Waals surface area (Å²) in [5, 5.41) is 0. The fourth-order valence-electron chi connectivity index (χ4n) is 3.22. The highest BCUT2D eigenvalue weighted by Crippen LogP contribution is 2.39. The molecule has 5 rings (SSSR count). The third-order valence-electron chi connectivity index (χ3n) is 4.98. The van der Waals surface area contributed by atoms with Gasteiger partial charge in [-0.2, -0.15) is 0 Å². The molecule has 3 heterocycles. The van der Waals surface area contributed by atoms with Crippen LogP contribution in [0, 0.1) is 6.92 Å². The van der Waals surface area contributed by atoms with Gasteiger partial charge in [0.2, 0.25) is 0 Å². The first-order valence-corrected chi connectivity index (χ1v) is 9.43. The van der Waals surface area contributed by atoms with Crippen LogP contribution < -0.4 is 10.3 Å². The van der Waals surface area contributed by atoms with Gasteiger partial charge >= 0.3 is 0 Å². The Morgan fingerprint density at radius 2 is 2.07 bits per heavy atom. The minimum atomic E-state index is -0.143. The highest BCUT2D eigenvalue weighted by Gasteiger charge is 2.26. The van der Waals surface area contributed by atoms with Crippen molar-refractivity contribution in [2.24, 2.45) is 0 Å². The standard InChI is InChI=1S/C22H20N4O2/c1-14-2-5-16(23-12-14)13-28-18-8-9-26(21(27)11-18)17-6-7-19-20(10-17)25-22(24-19)15-3-4-15/h2,5-12,15H,3-4,13H2,1H3,(H,24,25). The zero-order valence-corrected chi connectivity index (χ0v) is 15.6. The van der Waals surface area contributed by atoms with Gasteiger partial charge in [0.25, 0.3) is 5.56 Å². The number of pyridine rings is 2. The molecule has 0 aliphatic heterocycles. The predicted octanol–water partition coefficient (Wildman–Crippen LogP) is 3.87. The van der Waals surface area contributed by atoms with Gasteiger partial charge < -0.3 is 9.72 Å². The third-order valence-corrected chi connectivity index (χ3v) is 4.98. The first-order chi connectivity index (χ1) is 13.7. The van der Waals surface area contributed by atoms with Gasteiger partial charge in [0.05, 0.1) is 22.4 Å². The van der Waals surface area contributed by atoms with Crippen molar-refractivity contribution in [3.63, 3.8) is 0 Å². The number of aryl methyl sites for hydroxylation is 1. The van der Waals surface area contributed by atoms with Gasteiger partial charge in [-0.3, -0.25) is 14.3 Å². The van der Waals surface area contributed by atoms with E-state index in [1.54, 1.807) is 23.0 Å². The van der Waals surface area contributed by atoms with Gasteiger partial charge in [-0.1, -0.05) is 6.07 Å². The lowest BCUT2D eigenvalue weighted by molar-refractivity contribution is 0.300. The second-order valence-corrected chi connectivity index (χ2v) is 7.28. The van der Waals surface area contributed by atoms with Crippen LogP contribution in [-0.4, -0.2) is 19.5 Å². The molecule has 140 valence electrons. The monoisotopic (exact) mass is 372 g/mol. The molecule has 0 spiro atoms. The molecule has 28 heavy (non-hydrogen) atoms. The van der Waals surface area contributed by atoms with E-state index in [1.165, 1.54) is 18.9 Å². The lowest BCUT2D eigenvalue weighted by Gasteiger charge is -2.09. The fourth-order valence-corrected chi connectivity index (χ4v) is 3.22. The van der Waals surface area contributed by atoms with E-state index >= 15 is 0 Å². The Bertz CT molecular complexity index is 1200. The molecule has 1 aliphatic carbocycles. The van der Waals surface area contributed by atoms with Crippen molar-refractivity contribution in [1.29, 1.82) is 0 Å². The Balaban J connectivity index is 1.37. The zero-order valence-electron chi connectivity index (χ0n) is 15.6. The van der Waals surface area contributed by atoms with Crippen molar-refractivity contribution in [3.8, 4) is 11.4 Å². The lowest BCUT2D eigenvalue weighted by atomic mass is 10.2. The molecule has 1 saturated carbocycles. The molecule has 1 aliphatic rings. The predicted molar refractivity (Wildman–Crippen MR) is 107 cm³/mol. The molecule has 0 atom stereocenters. The molecule has 1 aromatic carbocycles. The van der Waals surface area contributed by atoms with Gasteiger partial charge in [-0.05, 0) is 55.7 Å². The van der Waals surface area contributed by atoms with E-state index in [0.29, 0.717) is 18.3 Å². The Morgan fingerprint density at radius 3 is 2.82 bits per heavy atom. The second-order valence-electron chi connectivity index (χ2n) is 7.28. The molecule has 0 saturated heterocycles. The number of rotatable bonds is 5. The van der Waals surface area contributed by atoms with Gasteiger partial charge in [0, 0.05) is 24.4 Å². The average Bonchev–Trinajstić information content (AvgIpc) is 3.46. The fraction of sp³-hybridized carbons (Fsp3) is 0.227. The Hall–Kier alpha value is -3.41. The number of aromatic amines is 1. The van der Waals surface area contributed by atoms with E-state index in [4.69, 9.17) is 4.74 Å². The van der Waals surface area contributed by atoms with E-state index < -0.39 is 0 Å². The van der Waals surface area contributed by atoms with Crippen LogP contribution in [0.2, 0.25) is 0 Å². The lowest BCUT2D eigenvalue weighted by Crippen LogP contribution is -2.16. The van der Waals surface area contributed by atoms with Crippen LogP contribution in [0.15, 0.2) is 59.7 Å². The minimum absolute atomic E-state index is 0.143. The summed E-state index contributed by atoms with van der Waals surface area (Å²) in [7, 11) is 0. The first kappa shape index (κ1) is 16.7. The molecule has 4 aromatic rings. The zero-order chi connectivity index (χ0) is 19.1. The number of nitrogens with zero attached hydrogens (tertiary/aromatic N) is 3. The molecule has 0 radical (unpaired) electrons. The van der Waals surface area contributed by atoms with Crippen molar-refractivity contribution in [2.45, 2.75) is 32.3 Å². The number of fused-ring (bicyclic) bond motifs is 1. The van der Waals surface area contributed by atoms with Crippen LogP contribution >= 0.6 is 0 Å². The summed E-state index contributed by atoms with van der Waals surface area (Å²) in [6, 6.07) is 13.0. The number of ether oxygens (including phenoxy) is 1. The maximum absolute atomic E-state index is 12.6. The Morgan fingerprint density at radius 1 is 1.18 bits per heavy atom. The summed E-state index contributed by atoms with van der Waals surface area (Å²) in [6.07, 6.45) is 5.94. The van der Waals surface area contributed by atoms with Crippen molar-refractivity contribution >= 4 is 11.0 Å². The van der Waals surface area contributed by atoms with E-state index in [1.807, 2.05) is 37.3 Å². The van der Waals surface area contributed by atoms with E-state index in [2.05, 4.69) is 15.0 Å². The number of imidazole rings is 1. The SMILES string of the molecule is Cc1ccc(COc2ccn(-c3ccc4nc(C5CC5)[nH]c4c3)c(=O)c2)nc1. The third kappa shape index (κ3) is 3.29. The number of aromatic nitrogens is 4. The smallest absolute Gasteiger partial charge is 0.258 e. The maximum atomic E-state index is 12.6. The second kappa shape index (κ2) is 6.64. The van der Waals surface area contributed by atoms with Crippen LogP contribution in [0.25, 0.3) is 16.7 Å². The average molecular weight is 372 g/mol. The maximum Gasteiger partial charge on any atom is 0.258 e. The minimum Gasteiger partial charge on any atom is -0.487 e. The first-order valence-electron chi connectivity index (χ1n) is 9.43. The van der Waals surface area contributed by atoms with E-state index in [-0.39, 0.29) is 5.56 Å². The molecular formula is C22H20N4O2. The molecule has 0 unspecified atom stereocenters. The quantitative estimate of drug-likeness (QED) is 0.577. The summed E-state index contributed by atoms with van der Waals surface area (Å²) >= 11 is 0. The highest BCUT2D eigenvalue weighted by atomic mass is 16.5. The number of benzene rings is 1. The van der Waals surface area contributed by atoms with Crippen LogP contribution in [0.4, 0.5) is 0 Å². The van der Waals surface area contributed by atoms with Crippen molar-refractivity contribution in [1.82, 2.24) is 19.5 Å². The molecule has 0 bridgehead atoms. The highest BCUT2D eigenvalue weighted by molar-refractivity contribution is 5.77. The summed E-state index contributed by atoms with van der Waals surface area (Å²) in [5.74, 6) is 2.15. The largest absolute Gasteiger partial charge is 0.487 e. The van der Waals surface area contributed by atoms with Crippen LogP contribution in [-0.2, 0) is 6.61 Å². The van der Waals surface area contributed by atoms with Gasteiger partial charge in [0.15, 0.2) is 0 Å². The van der Waals surface area contributed by atoms with E-state index in [0.717, 1.165) is 33.8 Å².